The standard InChI is InChI=1S/C15H16O6/c1-2-12-3-13(9(16)17)6-14(4-12,10(18)19)8-15(5-12,7-13)11(20)21/h1H,3-8H2,(H,16,17)(H,18,19)(H,20,21). The Balaban J connectivity index is 2.24. The summed E-state index contributed by atoms with van der Waals surface area (Å²) in [5.74, 6) is -0.823. The molecule has 4 rings (SSSR count). The molecule has 3 N–H and O–H groups in total. The smallest absolute Gasteiger partial charge is 0.309 e. The van der Waals surface area contributed by atoms with Gasteiger partial charge in [-0.1, -0.05) is 5.92 Å². The Morgan fingerprint density at radius 1 is 0.714 bits per heavy atom. The van der Waals surface area contributed by atoms with Crippen molar-refractivity contribution in [3.8, 4) is 12.3 Å². The molecule has 6 nitrogen and oxygen atoms in total. The highest BCUT2D eigenvalue weighted by molar-refractivity contribution is 5.86. The molecular weight excluding hydrogens is 276 g/mol. The maximum absolute atomic E-state index is 11.8. The fourth-order valence-electron chi connectivity index (χ4n) is 5.47. The number of carboxylic acids is 3. The van der Waals surface area contributed by atoms with E-state index in [1.807, 2.05) is 0 Å². The Morgan fingerprint density at radius 3 is 1.19 bits per heavy atom. The molecule has 6 heteroatoms. The molecule has 0 aliphatic heterocycles. The Kier molecular flexibility index (Phi) is 2.38. The largest absolute Gasteiger partial charge is 0.481 e. The summed E-state index contributed by atoms with van der Waals surface area (Å²) in [6, 6.07) is 0. The molecule has 0 amide bonds. The summed E-state index contributed by atoms with van der Waals surface area (Å²) >= 11 is 0. The van der Waals surface area contributed by atoms with Crippen molar-refractivity contribution in [2.45, 2.75) is 38.5 Å². The van der Waals surface area contributed by atoms with Crippen LogP contribution in [0.15, 0.2) is 0 Å². The SMILES string of the molecule is C#CC12CC3(C(=O)O)CC(C(=O)O)(C1)CC(C(=O)O)(C2)C3. The van der Waals surface area contributed by atoms with Crippen LogP contribution in [0.2, 0.25) is 0 Å². The minimum Gasteiger partial charge on any atom is -0.481 e. The van der Waals surface area contributed by atoms with Crippen molar-refractivity contribution in [2.75, 3.05) is 0 Å². The van der Waals surface area contributed by atoms with Crippen LogP contribution in [-0.2, 0) is 14.4 Å². The summed E-state index contributed by atoms with van der Waals surface area (Å²) in [5, 5.41) is 28.9. The van der Waals surface area contributed by atoms with Crippen LogP contribution in [0, 0.1) is 34.0 Å². The Morgan fingerprint density at radius 2 is 1.00 bits per heavy atom. The first-order valence-electron chi connectivity index (χ1n) is 6.81. The summed E-state index contributed by atoms with van der Waals surface area (Å²) < 4.78 is 0. The first kappa shape index (κ1) is 13.9. The lowest BCUT2D eigenvalue weighted by atomic mass is 9.35. The van der Waals surface area contributed by atoms with Crippen molar-refractivity contribution in [3.63, 3.8) is 0 Å². The van der Waals surface area contributed by atoms with E-state index in [0.29, 0.717) is 0 Å². The molecule has 0 aromatic carbocycles. The Labute approximate surface area is 121 Å². The molecule has 4 saturated carbocycles. The topological polar surface area (TPSA) is 112 Å². The number of aliphatic carboxylic acids is 3. The third-order valence-electron chi connectivity index (χ3n) is 5.73. The molecule has 0 heterocycles. The highest BCUT2D eigenvalue weighted by Gasteiger charge is 2.74. The monoisotopic (exact) mass is 292 g/mol. The van der Waals surface area contributed by atoms with E-state index < -0.39 is 39.6 Å². The first-order valence-corrected chi connectivity index (χ1v) is 6.81. The van der Waals surface area contributed by atoms with Gasteiger partial charge in [-0.15, -0.1) is 6.42 Å². The fourth-order valence-corrected chi connectivity index (χ4v) is 5.47. The van der Waals surface area contributed by atoms with E-state index in [1.54, 1.807) is 0 Å². The average Bonchev–Trinajstić information content (AvgIpc) is 2.37. The van der Waals surface area contributed by atoms with E-state index in [9.17, 15) is 29.7 Å². The summed E-state index contributed by atoms with van der Waals surface area (Å²) in [4.78, 5) is 35.4. The van der Waals surface area contributed by atoms with E-state index in [-0.39, 0.29) is 38.5 Å². The Bertz CT molecular complexity index is 530. The zero-order valence-corrected chi connectivity index (χ0v) is 11.4. The molecule has 4 bridgehead atoms. The molecule has 4 fully saturated rings. The third-order valence-corrected chi connectivity index (χ3v) is 5.73. The summed E-state index contributed by atoms with van der Waals surface area (Å²) in [6.45, 7) is 0. The second-order valence-corrected chi connectivity index (χ2v) is 7.24. The maximum Gasteiger partial charge on any atom is 0.309 e. The van der Waals surface area contributed by atoms with Crippen LogP contribution < -0.4 is 0 Å². The number of rotatable bonds is 3. The van der Waals surface area contributed by atoms with Crippen molar-refractivity contribution in [1.29, 1.82) is 0 Å². The molecule has 0 aromatic rings. The van der Waals surface area contributed by atoms with E-state index in [4.69, 9.17) is 6.42 Å². The van der Waals surface area contributed by atoms with Crippen LogP contribution in [-0.4, -0.2) is 33.2 Å². The highest BCUT2D eigenvalue weighted by atomic mass is 16.4. The van der Waals surface area contributed by atoms with E-state index in [2.05, 4.69) is 5.92 Å². The van der Waals surface area contributed by atoms with Gasteiger partial charge in [-0.05, 0) is 38.5 Å². The molecule has 4 aliphatic carbocycles. The van der Waals surface area contributed by atoms with Gasteiger partial charge >= 0.3 is 17.9 Å². The number of hydrogen-bond acceptors (Lipinski definition) is 3. The Hall–Kier alpha value is -2.03. The zero-order valence-electron chi connectivity index (χ0n) is 11.4. The van der Waals surface area contributed by atoms with Gasteiger partial charge in [0.2, 0.25) is 0 Å². The van der Waals surface area contributed by atoms with E-state index in [1.165, 1.54) is 0 Å². The second-order valence-electron chi connectivity index (χ2n) is 7.24. The second kappa shape index (κ2) is 3.59. The van der Waals surface area contributed by atoms with Crippen LogP contribution in [0.5, 0.6) is 0 Å². The van der Waals surface area contributed by atoms with Crippen LogP contribution in [0.3, 0.4) is 0 Å². The predicted octanol–water partition coefficient (Wildman–Crippen LogP) is 1.20. The highest BCUT2D eigenvalue weighted by Crippen LogP contribution is 2.73. The van der Waals surface area contributed by atoms with Crippen molar-refractivity contribution >= 4 is 17.9 Å². The molecule has 0 spiro atoms. The van der Waals surface area contributed by atoms with Crippen molar-refractivity contribution in [1.82, 2.24) is 0 Å². The number of terminal acetylenes is 1. The van der Waals surface area contributed by atoms with E-state index in [0.717, 1.165) is 0 Å². The third kappa shape index (κ3) is 1.52. The van der Waals surface area contributed by atoms with Crippen molar-refractivity contribution in [2.24, 2.45) is 21.7 Å². The van der Waals surface area contributed by atoms with Gasteiger partial charge < -0.3 is 15.3 Å². The lowest BCUT2D eigenvalue weighted by molar-refractivity contribution is -0.217. The van der Waals surface area contributed by atoms with Gasteiger partial charge in [-0.25, -0.2) is 0 Å². The van der Waals surface area contributed by atoms with Gasteiger partial charge in [-0.3, -0.25) is 14.4 Å². The number of carbonyl (C=O) groups is 3. The number of hydrogen-bond donors (Lipinski definition) is 3. The molecule has 21 heavy (non-hydrogen) atoms. The van der Waals surface area contributed by atoms with Crippen LogP contribution in [0.1, 0.15) is 38.5 Å². The summed E-state index contributed by atoms with van der Waals surface area (Å²) in [7, 11) is 0. The minimum absolute atomic E-state index is 0.0247. The van der Waals surface area contributed by atoms with E-state index >= 15 is 0 Å². The van der Waals surface area contributed by atoms with Gasteiger partial charge in [0.15, 0.2) is 0 Å². The van der Waals surface area contributed by atoms with Gasteiger partial charge in [0.05, 0.1) is 16.2 Å². The molecule has 4 aliphatic rings. The lowest BCUT2D eigenvalue weighted by Gasteiger charge is -2.65. The van der Waals surface area contributed by atoms with Crippen molar-refractivity contribution < 1.29 is 29.7 Å². The van der Waals surface area contributed by atoms with Gasteiger partial charge in [0.25, 0.3) is 0 Å². The molecule has 0 radical (unpaired) electrons. The molecule has 0 saturated heterocycles. The molecule has 0 unspecified atom stereocenters. The number of carboxylic acid groups (broad SMARTS) is 3. The van der Waals surface area contributed by atoms with Crippen LogP contribution in [0.25, 0.3) is 0 Å². The minimum atomic E-state index is -1.34. The summed E-state index contributed by atoms with van der Waals surface area (Å²) in [6.07, 6.45) is 6.03. The van der Waals surface area contributed by atoms with Crippen LogP contribution >= 0.6 is 0 Å². The zero-order chi connectivity index (χ0) is 15.7. The first-order chi connectivity index (χ1) is 9.63. The molecule has 0 atom stereocenters. The quantitative estimate of drug-likeness (QED) is 0.674. The predicted molar refractivity (Wildman–Crippen MR) is 69.2 cm³/mol. The van der Waals surface area contributed by atoms with Gasteiger partial charge in [-0.2, -0.15) is 0 Å². The van der Waals surface area contributed by atoms with Crippen molar-refractivity contribution in [3.05, 3.63) is 0 Å². The van der Waals surface area contributed by atoms with Gasteiger partial charge in [0.1, 0.15) is 0 Å². The molecular formula is C15H16O6. The van der Waals surface area contributed by atoms with Gasteiger partial charge in [0, 0.05) is 5.41 Å². The van der Waals surface area contributed by atoms with Crippen LogP contribution in [0.4, 0.5) is 0 Å². The lowest BCUT2D eigenvalue weighted by Crippen LogP contribution is -2.66. The summed E-state index contributed by atoms with van der Waals surface area (Å²) in [5.41, 5.74) is -4.95. The molecule has 112 valence electrons. The fraction of sp³-hybridized carbons (Fsp3) is 0.667. The normalized spacial score (nSPS) is 46.8. The maximum atomic E-state index is 11.8. The average molecular weight is 292 g/mol. The molecule has 0 aromatic heterocycles.